The topological polar surface area (TPSA) is 56.5 Å². The lowest BCUT2D eigenvalue weighted by molar-refractivity contribution is 1.07. The van der Waals surface area contributed by atoms with Crippen molar-refractivity contribution < 1.29 is 0 Å². The van der Waals surface area contributed by atoms with Gasteiger partial charge in [-0.3, -0.25) is 0 Å². The molecule has 4 aromatic heterocycles. The van der Waals surface area contributed by atoms with E-state index in [1.807, 2.05) is 47.7 Å². The fraction of sp³-hybridized carbons (Fsp3) is 0. The van der Waals surface area contributed by atoms with Crippen molar-refractivity contribution in [3.05, 3.63) is 200 Å². The number of fused-ring (bicyclic) bond motifs is 8. The third-order valence-electron chi connectivity index (χ3n) is 11.5. The second kappa shape index (κ2) is 13.9. The first-order valence-corrected chi connectivity index (χ1v) is 20.9. The Morgan fingerprint density at radius 1 is 0.383 bits per heavy atom. The van der Waals surface area contributed by atoms with Crippen LogP contribution in [-0.2, 0) is 0 Å². The zero-order valence-electron chi connectivity index (χ0n) is 32.2. The summed E-state index contributed by atoms with van der Waals surface area (Å²) in [7, 11) is 0. The first-order chi connectivity index (χ1) is 29.7. The largest absolute Gasteiger partial charge is 0.301 e. The molecule has 0 N–H and O–H groups in total. The molecule has 0 aliphatic carbocycles. The molecule has 0 atom stereocenters. The third kappa shape index (κ3) is 5.61. The van der Waals surface area contributed by atoms with E-state index in [9.17, 15) is 0 Å². The van der Waals surface area contributed by atoms with E-state index in [0.29, 0.717) is 17.5 Å². The van der Waals surface area contributed by atoms with Gasteiger partial charge in [0.15, 0.2) is 17.5 Å². The van der Waals surface area contributed by atoms with Gasteiger partial charge in [-0.15, -0.1) is 11.3 Å². The average molecular weight is 784 g/mol. The Morgan fingerprint density at radius 3 is 1.73 bits per heavy atom. The maximum Gasteiger partial charge on any atom is 0.164 e. The number of hydrogen-bond donors (Lipinski definition) is 0. The van der Waals surface area contributed by atoms with Crippen molar-refractivity contribution in [3.63, 3.8) is 0 Å². The maximum atomic E-state index is 5.39. The molecule has 0 aliphatic heterocycles. The van der Waals surface area contributed by atoms with Crippen LogP contribution < -0.4 is 0 Å². The highest BCUT2D eigenvalue weighted by Crippen LogP contribution is 2.48. The van der Waals surface area contributed by atoms with Crippen molar-refractivity contribution in [1.82, 2.24) is 24.5 Å². The summed E-state index contributed by atoms with van der Waals surface area (Å²) in [5.41, 5.74) is 10.4. The molecular formula is C54H33N5S. The second-order valence-corrected chi connectivity index (χ2v) is 16.0. The van der Waals surface area contributed by atoms with Crippen LogP contribution in [0.25, 0.3) is 115 Å². The van der Waals surface area contributed by atoms with Crippen LogP contribution in [0.15, 0.2) is 200 Å². The van der Waals surface area contributed by atoms with E-state index in [0.717, 1.165) is 61.2 Å². The quantitative estimate of drug-likeness (QED) is 0.169. The first kappa shape index (κ1) is 34.3. The highest BCUT2D eigenvalue weighted by atomic mass is 32.1. The molecule has 8 aromatic carbocycles. The summed E-state index contributed by atoms with van der Waals surface area (Å²) in [4.78, 5) is 21.8. The van der Waals surface area contributed by atoms with Gasteiger partial charge in [-0.2, -0.15) is 0 Å². The summed E-state index contributed by atoms with van der Waals surface area (Å²) in [5.74, 6) is 1.89. The van der Waals surface area contributed by atoms with Gasteiger partial charge in [0.25, 0.3) is 0 Å². The molecule has 0 spiro atoms. The van der Waals surface area contributed by atoms with Gasteiger partial charge < -0.3 is 4.57 Å². The molecule has 280 valence electrons. The maximum absolute atomic E-state index is 5.39. The Balaban J connectivity index is 1.04. The lowest BCUT2D eigenvalue weighted by Gasteiger charge is -2.11. The van der Waals surface area contributed by atoms with E-state index < -0.39 is 0 Å². The van der Waals surface area contributed by atoms with Crippen LogP contribution in [0.5, 0.6) is 0 Å². The minimum atomic E-state index is 0.622. The van der Waals surface area contributed by atoms with Crippen molar-refractivity contribution in [3.8, 4) is 62.2 Å². The number of benzene rings is 8. The van der Waals surface area contributed by atoms with Gasteiger partial charge in [0.1, 0.15) is 4.83 Å². The molecular weight excluding hydrogens is 751 g/mol. The van der Waals surface area contributed by atoms with Crippen molar-refractivity contribution in [1.29, 1.82) is 0 Å². The summed E-state index contributed by atoms with van der Waals surface area (Å²) < 4.78 is 3.60. The van der Waals surface area contributed by atoms with Gasteiger partial charge in [0.05, 0.1) is 21.4 Å². The monoisotopic (exact) mass is 783 g/mol. The molecule has 6 heteroatoms. The smallest absolute Gasteiger partial charge is 0.164 e. The van der Waals surface area contributed by atoms with E-state index in [2.05, 4.69) is 168 Å². The summed E-state index contributed by atoms with van der Waals surface area (Å²) in [6.07, 6.45) is 0. The fourth-order valence-corrected chi connectivity index (χ4v) is 10.0. The van der Waals surface area contributed by atoms with Gasteiger partial charge in [0.2, 0.25) is 0 Å². The predicted molar refractivity (Wildman–Crippen MR) is 250 cm³/mol. The van der Waals surface area contributed by atoms with Gasteiger partial charge in [-0.1, -0.05) is 158 Å². The Kier molecular flexibility index (Phi) is 7.96. The number of hydrogen-bond acceptors (Lipinski definition) is 5. The molecule has 12 aromatic rings. The van der Waals surface area contributed by atoms with Crippen molar-refractivity contribution in [2.75, 3.05) is 0 Å². The number of thiophene rings is 1. The zero-order chi connectivity index (χ0) is 39.6. The second-order valence-electron chi connectivity index (χ2n) is 15.0. The van der Waals surface area contributed by atoms with Gasteiger partial charge in [-0.25, -0.2) is 19.9 Å². The molecule has 0 unspecified atom stereocenters. The molecule has 0 aliphatic rings. The van der Waals surface area contributed by atoms with Crippen molar-refractivity contribution in [2.24, 2.45) is 0 Å². The Labute approximate surface area is 349 Å². The van der Waals surface area contributed by atoms with Crippen LogP contribution in [0.3, 0.4) is 0 Å². The number of nitrogens with zero attached hydrogens (tertiary/aromatic N) is 5. The number of para-hydroxylation sites is 2. The molecule has 0 fully saturated rings. The molecule has 4 heterocycles. The summed E-state index contributed by atoms with van der Waals surface area (Å²) in [5, 5.41) is 7.28. The molecule has 0 saturated heterocycles. The standard InChI is InChI=1S/C54H33N5S/c1-3-15-34(16-4-1)38-21-13-22-39(33-38)53-57-51(36-18-5-2-6-19-36)56-52(58-53)37-29-31-40(32-30-37)59-46-28-12-10-25-44(46)48-47-43-24-9-11-27-45(43)55-49(50(47)60-54(48)59)42-26-14-20-35-17-7-8-23-41(35)42/h1-33H. The van der Waals surface area contributed by atoms with E-state index in [-0.39, 0.29) is 0 Å². The SMILES string of the molecule is c1ccc(-c2cccc(-c3nc(-c4ccccc4)nc(-c4ccc(-n5c6ccccc6c6c7c(sc65)c(-c5cccc6ccccc56)nc5ccccc57)cc4)n3)c2)cc1. The van der Waals surface area contributed by atoms with E-state index >= 15 is 0 Å². The first-order valence-electron chi connectivity index (χ1n) is 20.1. The third-order valence-corrected chi connectivity index (χ3v) is 12.6. The molecule has 0 amide bonds. The summed E-state index contributed by atoms with van der Waals surface area (Å²) in [6.45, 7) is 0. The summed E-state index contributed by atoms with van der Waals surface area (Å²) in [6, 6.07) is 70.1. The molecule has 12 rings (SSSR count). The van der Waals surface area contributed by atoms with E-state index in [1.165, 1.54) is 36.5 Å². The molecule has 0 saturated carbocycles. The minimum absolute atomic E-state index is 0.622. The Bertz CT molecular complexity index is 3590. The minimum Gasteiger partial charge on any atom is -0.301 e. The molecule has 60 heavy (non-hydrogen) atoms. The van der Waals surface area contributed by atoms with Gasteiger partial charge in [0, 0.05) is 49.5 Å². The van der Waals surface area contributed by atoms with Gasteiger partial charge in [-0.05, 0) is 64.4 Å². The molecule has 0 radical (unpaired) electrons. The van der Waals surface area contributed by atoms with Crippen molar-refractivity contribution in [2.45, 2.75) is 0 Å². The number of aromatic nitrogens is 5. The number of pyridine rings is 1. The lowest BCUT2D eigenvalue weighted by Crippen LogP contribution is -2.00. The fourth-order valence-electron chi connectivity index (χ4n) is 8.64. The predicted octanol–water partition coefficient (Wildman–Crippen LogP) is 14.2. The van der Waals surface area contributed by atoms with Crippen LogP contribution >= 0.6 is 11.3 Å². The molecule has 0 bridgehead atoms. The average Bonchev–Trinajstić information content (AvgIpc) is 3.87. The van der Waals surface area contributed by atoms with Crippen LogP contribution in [0, 0.1) is 0 Å². The zero-order valence-corrected chi connectivity index (χ0v) is 33.0. The highest BCUT2D eigenvalue weighted by molar-refractivity contribution is 7.26. The van der Waals surface area contributed by atoms with Gasteiger partial charge >= 0.3 is 0 Å². The Hall–Kier alpha value is -7.80. The highest BCUT2D eigenvalue weighted by Gasteiger charge is 2.23. The van der Waals surface area contributed by atoms with Crippen LogP contribution in [0.1, 0.15) is 0 Å². The van der Waals surface area contributed by atoms with Crippen molar-refractivity contribution >= 4 is 64.2 Å². The number of rotatable bonds is 6. The van der Waals surface area contributed by atoms with Crippen LogP contribution in [0.4, 0.5) is 0 Å². The Morgan fingerprint density at radius 2 is 0.950 bits per heavy atom. The van der Waals surface area contributed by atoms with Crippen LogP contribution in [-0.4, -0.2) is 24.5 Å². The van der Waals surface area contributed by atoms with Crippen LogP contribution in [0.2, 0.25) is 0 Å². The lowest BCUT2D eigenvalue weighted by atomic mass is 9.99. The normalized spacial score (nSPS) is 11.7. The molecule has 5 nitrogen and oxygen atoms in total. The van der Waals surface area contributed by atoms with E-state index in [1.54, 1.807) is 0 Å². The van der Waals surface area contributed by atoms with E-state index in [4.69, 9.17) is 19.9 Å². The summed E-state index contributed by atoms with van der Waals surface area (Å²) >= 11 is 1.82.